The molecule has 0 saturated heterocycles. The van der Waals surface area contributed by atoms with Crippen LogP contribution in [-0.2, 0) is 29.9 Å². The van der Waals surface area contributed by atoms with Crippen molar-refractivity contribution >= 4 is 28.9 Å². The fourth-order valence-corrected chi connectivity index (χ4v) is 6.42. The van der Waals surface area contributed by atoms with Crippen LogP contribution < -0.4 is 14.5 Å². The number of allylic oxidation sites excluding steroid dienone is 1. The maximum absolute atomic E-state index is 14.2. The third-order valence-corrected chi connectivity index (χ3v) is 8.90. The predicted octanol–water partition coefficient (Wildman–Crippen LogP) is 5.91. The molecular weight excluding hydrogens is 606 g/mol. The summed E-state index contributed by atoms with van der Waals surface area (Å²) >= 11 is 0. The highest BCUT2D eigenvalue weighted by Crippen LogP contribution is 2.46. The molecule has 2 aliphatic rings. The van der Waals surface area contributed by atoms with Crippen molar-refractivity contribution in [1.29, 1.82) is 0 Å². The number of amides is 2. The van der Waals surface area contributed by atoms with Gasteiger partial charge in [-0.2, -0.15) is 0 Å². The van der Waals surface area contributed by atoms with Crippen LogP contribution in [0.2, 0.25) is 0 Å². The number of rotatable bonds is 10. The Morgan fingerprint density at radius 1 is 0.917 bits per heavy atom. The standard InChI is InChI=1S/C38H35N5O5/c1-26(11-8-9-21-41-25-28(20-22-44)39-40-41)38(47)31-15-3-4-16-32(31)42(37(38)46)24-27-12-10-13-29(23-27)43-33-17-5-7-19-35(33)48-34-18-6-2-14-30(34)36(43)45/h2-8,10-19,23,25-26,44,47H,9,20-22,24H2,1H3/b11-8+/t26-,38+/m1/s1. The van der Waals surface area contributed by atoms with Gasteiger partial charge in [-0.05, 0) is 54.4 Å². The van der Waals surface area contributed by atoms with E-state index in [1.54, 1.807) is 38.9 Å². The Bertz CT molecular complexity index is 2020. The van der Waals surface area contributed by atoms with E-state index >= 15 is 0 Å². The number of ether oxygens (including phenoxy) is 1. The summed E-state index contributed by atoms with van der Waals surface area (Å²) in [5, 5.41) is 29.3. The number of hydrogen-bond acceptors (Lipinski definition) is 7. The number of fused-ring (bicyclic) bond motifs is 3. The van der Waals surface area contributed by atoms with Gasteiger partial charge in [0.25, 0.3) is 11.8 Å². The van der Waals surface area contributed by atoms with Gasteiger partial charge in [0, 0.05) is 42.9 Å². The number of aliphatic hydroxyl groups excluding tert-OH is 1. The lowest BCUT2D eigenvalue weighted by molar-refractivity contribution is -0.139. The van der Waals surface area contributed by atoms with Crippen LogP contribution in [0.5, 0.6) is 11.5 Å². The molecule has 2 aliphatic heterocycles. The molecule has 10 nitrogen and oxygen atoms in total. The maximum Gasteiger partial charge on any atom is 0.266 e. The number of carbonyl (C=O) groups is 2. The molecule has 48 heavy (non-hydrogen) atoms. The number of anilines is 3. The molecule has 5 aromatic rings. The lowest BCUT2D eigenvalue weighted by atomic mass is 9.83. The number of hydrogen-bond donors (Lipinski definition) is 2. The molecule has 2 atom stereocenters. The first-order chi connectivity index (χ1) is 23.4. The highest BCUT2D eigenvalue weighted by Gasteiger charge is 2.52. The Labute approximate surface area is 278 Å². The van der Waals surface area contributed by atoms with E-state index in [2.05, 4.69) is 10.3 Å². The summed E-state index contributed by atoms with van der Waals surface area (Å²) in [7, 11) is 0. The minimum absolute atomic E-state index is 0.0176. The Morgan fingerprint density at radius 3 is 2.50 bits per heavy atom. The first-order valence-corrected chi connectivity index (χ1v) is 16.0. The van der Waals surface area contributed by atoms with Crippen LogP contribution in [0.4, 0.5) is 17.1 Å². The molecule has 0 spiro atoms. The lowest BCUT2D eigenvalue weighted by Gasteiger charge is -2.28. The molecule has 242 valence electrons. The normalized spacial score (nSPS) is 17.6. The van der Waals surface area contributed by atoms with Crippen LogP contribution in [0.15, 0.2) is 115 Å². The van der Waals surface area contributed by atoms with E-state index in [0.717, 1.165) is 11.3 Å². The Balaban J connectivity index is 1.14. The Kier molecular flexibility index (Phi) is 8.34. The van der Waals surface area contributed by atoms with Crippen molar-refractivity contribution in [2.24, 2.45) is 5.92 Å². The van der Waals surface area contributed by atoms with Crippen molar-refractivity contribution < 1.29 is 24.5 Å². The first kappa shape index (κ1) is 31.0. The zero-order valence-corrected chi connectivity index (χ0v) is 26.4. The van der Waals surface area contributed by atoms with Crippen molar-refractivity contribution in [3.63, 3.8) is 0 Å². The second-order valence-electron chi connectivity index (χ2n) is 12.0. The van der Waals surface area contributed by atoms with Crippen molar-refractivity contribution in [1.82, 2.24) is 15.0 Å². The topological polar surface area (TPSA) is 121 Å². The van der Waals surface area contributed by atoms with Crippen molar-refractivity contribution in [2.75, 3.05) is 16.4 Å². The summed E-state index contributed by atoms with van der Waals surface area (Å²) in [6, 6.07) is 29.5. The SMILES string of the molecule is C[C@H](/C=C/CCn1cc(CCO)nn1)[C@@]1(O)C(=O)N(Cc2cccc(N3C(=O)c4ccccc4Oc4ccccc43)c2)c2ccccc21. The minimum Gasteiger partial charge on any atom is -0.454 e. The van der Waals surface area contributed by atoms with Crippen LogP contribution in [0.3, 0.4) is 0 Å². The van der Waals surface area contributed by atoms with Gasteiger partial charge in [-0.1, -0.05) is 78.9 Å². The highest BCUT2D eigenvalue weighted by atomic mass is 16.5. The molecule has 2 N–H and O–H groups in total. The van der Waals surface area contributed by atoms with E-state index in [1.807, 2.05) is 97.9 Å². The average Bonchev–Trinajstić information content (AvgIpc) is 3.60. The van der Waals surface area contributed by atoms with Gasteiger partial charge < -0.3 is 19.8 Å². The number of aromatic nitrogens is 3. The summed E-state index contributed by atoms with van der Waals surface area (Å²) in [5.41, 5.74) is 2.66. The predicted molar refractivity (Wildman–Crippen MR) is 181 cm³/mol. The fourth-order valence-electron chi connectivity index (χ4n) is 6.42. The molecule has 3 heterocycles. The lowest BCUT2D eigenvalue weighted by Crippen LogP contribution is -2.44. The Hall–Kier alpha value is -5.58. The van der Waals surface area contributed by atoms with Gasteiger partial charge in [0.15, 0.2) is 11.4 Å². The van der Waals surface area contributed by atoms with E-state index in [1.165, 1.54) is 0 Å². The molecule has 0 unspecified atom stereocenters. The molecule has 2 amide bonds. The smallest absolute Gasteiger partial charge is 0.266 e. The molecule has 10 heteroatoms. The quantitative estimate of drug-likeness (QED) is 0.182. The van der Waals surface area contributed by atoms with Gasteiger partial charge >= 0.3 is 0 Å². The van der Waals surface area contributed by atoms with Crippen LogP contribution >= 0.6 is 0 Å². The van der Waals surface area contributed by atoms with Crippen LogP contribution in [0.1, 0.15) is 40.5 Å². The molecule has 0 fully saturated rings. The maximum atomic E-state index is 14.2. The average molecular weight is 642 g/mol. The molecular formula is C38H35N5O5. The Morgan fingerprint density at radius 2 is 1.67 bits per heavy atom. The van der Waals surface area contributed by atoms with Gasteiger partial charge in [0.05, 0.1) is 29.2 Å². The summed E-state index contributed by atoms with van der Waals surface area (Å²) in [6.45, 7) is 2.63. The van der Waals surface area contributed by atoms with Crippen LogP contribution in [0, 0.1) is 5.92 Å². The van der Waals surface area contributed by atoms with E-state index < -0.39 is 17.4 Å². The number of benzene rings is 4. The largest absolute Gasteiger partial charge is 0.454 e. The number of aryl methyl sites for hydroxylation is 1. The van der Waals surface area contributed by atoms with Gasteiger partial charge in [-0.25, -0.2) is 0 Å². The summed E-state index contributed by atoms with van der Waals surface area (Å²) < 4.78 is 7.88. The van der Waals surface area contributed by atoms with E-state index in [9.17, 15) is 14.7 Å². The number of para-hydroxylation sites is 4. The first-order valence-electron chi connectivity index (χ1n) is 16.0. The molecule has 1 aromatic heterocycles. The molecule has 0 saturated carbocycles. The second kappa shape index (κ2) is 12.9. The fraction of sp³-hybridized carbons (Fsp3) is 0.211. The van der Waals surface area contributed by atoms with Crippen molar-refractivity contribution in [2.45, 2.75) is 38.5 Å². The number of nitrogens with zero attached hydrogens (tertiary/aromatic N) is 5. The third kappa shape index (κ3) is 5.55. The summed E-state index contributed by atoms with van der Waals surface area (Å²) in [6.07, 6.45) is 6.69. The second-order valence-corrected chi connectivity index (χ2v) is 12.0. The van der Waals surface area contributed by atoms with E-state index in [4.69, 9.17) is 9.84 Å². The molecule has 0 bridgehead atoms. The van der Waals surface area contributed by atoms with Gasteiger partial charge in [0.1, 0.15) is 5.75 Å². The van der Waals surface area contributed by atoms with E-state index in [0.29, 0.717) is 59.1 Å². The molecule has 0 aliphatic carbocycles. The zero-order chi connectivity index (χ0) is 33.3. The van der Waals surface area contributed by atoms with Crippen LogP contribution in [-0.4, -0.2) is 43.6 Å². The number of carbonyl (C=O) groups excluding carboxylic acids is 2. The van der Waals surface area contributed by atoms with Crippen LogP contribution in [0.25, 0.3) is 0 Å². The zero-order valence-electron chi connectivity index (χ0n) is 26.4. The highest BCUT2D eigenvalue weighted by molar-refractivity contribution is 6.14. The van der Waals surface area contributed by atoms with E-state index in [-0.39, 0.29) is 19.1 Å². The summed E-state index contributed by atoms with van der Waals surface area (Å²) in [5.74, 6) is -0.102. The third-order valence-electron chi connectivity index (χ3n) is 8.90. The summed E-state index contributed by atoms with van der Waals surface area (Å²) in [4.78, 5) is 31.4. The minimum atomic E-state index is -1.76. The van der Waals surface area contributed by atoms with Gasteiger partial charge in [0.2, 0.25) is 0 Å². The molecule has 0 radical (unpaired) electrons. The monoisotopic (exact) mass is 641 g/mol. The van der Waals surface area contributed by atoms with Gasteiger partial charge in [-0.3, -0.25) is 19.2 Å². The molecule has 4 aromatic carbocycles. The van der Waals surface area contributed by atoms with Crippen molar-refractivity contribution in [3.8, 4) is 11.5 Å². The van der Waals surface area contributed by atoms with Crippen molar-refractivity contribution in [3.05, 3.63) is 138 Å². The molecule has 7 rings (SSSR count). The van der Waals surface area contributed by atoms with Gasteiger partial charge in [-0.15, -0.1) is 5.10 Å². The number of aliphatic hydroxyl groups is 2.